The Morgan fingerprint density at radius 1 is 1.33 bits per heavy atom. The fourth-order valence-corrected chi connectivity index (χ4v) is 0.735. The molecule has 1 aliphatic carbocycles. The maximum Gasteiger partial charge on any atom is 0.282 e. The van der Waals surface area contributed by atoms with E-state index in [1.807, 2.05) is 0 Å². The van der Waals surface area contributed by atoms with Crippen molar-refractivity contribution in [2.24, 2.45) is 0 Å². The Bertz CT molecular complexity index is 112. The summed E-state index contributed by atoms with van der Waals surface area (Å²) in [4.78, 5) is 0. The molecule has 2 unspecified atom stereocenters. The average molecular weight is 141 g/mol. The van der Waals surface area contributed by atoms with Crippen LogP contribution in [-0.4, -0.2) is 18.3 Å². The molecular formula is C5H5F4. The lowest BCUT2D eigenvalue weighted by Crippen LogP contribution is -2.27. The zero-order chi connectivity index (χ0) is 7.07. The van der Waals surface area contributed by atoms with Crippen molar-refractivity contribution in [2.75, 3.05) is 0 Å². The fourth-order valence-electron chi connectivity index (χ4n) is 0.735. The molecule has 2 atom stereocenters. The van der Waals surface area contributed by atoms with Crippen LogP contribution in [0.25, 0.3) is 0 Å². The van der Waals surface area contributed by atoms with E-state index in [1.165, 1.54) is 0 Å². The first-order chi connectivity index (χ1) is 4.04. The molecule has 1 aliphatic rings. The second-order valence-electron chi connectivity index (χ2n) is 2.05. The van der Waals surface area contributed by atoms with E-state index in [1.54, 1.807) is 0 Å². The Morgan fingerprint density at radius 2 is 1.89 bits per heavy atom. The summed E-state index contributed by atoms with van der Waals surface area (Å²) in [6.07, 6.45) is -4.84. The molecule has 0 aromatic rings. The first-order valence-electron chi connectivity index (χ1n) is 2.53. The van der Waals surface area contributed by atoms with E-state index >= 15 is 0 Å². The molecule has 9 heavy (non-hydrogen) atoms. The van der Waals surface area contributed by atoms with Crippen LogP contribution in [-0.2, 0) is 0 Å². The van der Waals surface area contributed by atoms with Crippen molar-refractivity contribution < 1.29 is 17.6 Å². The molecule has 0 bridgehead atoms. The summed E-state index contributed by atoms with van der Waals surface area (Å²) in [6, 6.07) is 0. The number of halogens is 4. The Labute approximate surface area is 49.9 Å². The third-order valence-electron chi connectivity index (χ3n) is 1.30. The third kappa shape index (κ3) is 1.02. The summed E-state index contributed by atoms with van der Waals surface area (Å²) in [5.74, 6) is -3.47. The molecule has 0 nitrogen and oxygen atoms in total. The van der Waals surface area contributed by atoms with Crippen molar-refractivity contribution in [3.05, 3.63) is 6.42 Å². The van der Waals surface area contributed by atoms with Crippen LogP contribution >= 0.6 is 0 Å². The molecule has 53 valence electrons. The van der Waals surface area contributed by atoms with Crippen molar-refractivity contribution >= 4 is 0 Å². The van der Waals surface area contributed by atoms with E-state index in [-0.39, 0.29) is 0 Å². The molecule has 0 amide bonds. The second kappa shape index (κ2) is 1.85. The molecular weight excluding hydrogens is 136 g/mol. The van der Waals surface area contributed by atoms with Gasteiger partial charge < -0.3 is 0 Å². The highest BCUT2D eigenvalue weighted by atomic mass is 19.3. The topological polar surface area (TPSA) is 0 Å². The molecule has 0 spiro atoms. The fraction of sp³-hybridized carbons (Fsp3) is 0.800. The highest BCUT2D eigenvalue weighted by Crippen LogP contribution is 2.38. The lowest BCUT2D eigenvalue weighted by atomic mass is 10.3. The Morgan fingerprint density at radius 3 is 2.00 bits per heavy atom. The summed E-state index contributed by atoms with van der Waals surface area (Å²) < 4.78 is 47.7. The van der Waals surface area contributed by atoms with Gasteiger partial charge in [-0.2, -0.15) is 0 Å². The van der Waals surface area contributed by atoms with Crippen LogP contribution in [0.2, 0.25) is 0 Å². The molecule has 0 heterocycles. The largest absolute Gasteiger partial charge is 0.282 e. The van der Waals surface area contributed by atoms with Crippen LogP contribution in [0.15, 0.2) is 0 Å². The zero-order valence-electron chi connectivity index (χ0n) is 4.45. The monoisotopic (exact) mass is 141 g/mol. The third-order valence-corrected chi connectivity index (χ3v) is 1.30. The van der Waals surface area contributed by atoms with E-state index in [0.29, 0.717) is 6.42 Å². The SMILES string of the molecule is FC1[CH]CC(F)(F)C1F. The Balaban J connectivity index is 2.62. The number of hydrogen-bond donors (Lipinski definition) is 0. The minimum Gasteiger partial charge on any atom is -0.244 e. The second-order valence-corrected chi connectivity index (χ2v) is 2.05. The molecule has 1 radical (unpaired) electrons. The molecule has 4 heteroatoms. The lowest BCUT2D eigenvalue weighted by Gasteiger charge is -2.10. The average Bonchev–Trinajstić information content (AvgIpc) is 1.97. The Kier molecular flexibility index (Phi) is 1.41. The Hall–Kier alpha value is -0.280. The predicted molar refractivity (Wildman–Crippen MR) is 23.7 cm³/mol. The van der Waals surface area contributed by atoms with Crippen LogP contribution in [0, 0.1) is 6.42 Å². The van der Waals surface area contributed by atoms with Gasteiger partial charge in [0, 0.05) is 12.8 Å². The van der Waals surface area contributed by atoms with Gasteiger partial charge in [-0.1, -0.05) is 0 Å². The van der Waals surface area contributed by atoms with Crippen LogP contribution in [0.5, 0.6) is 0 Å². The van der Waals surface area contributed by atoms with Crippen LogP contribution < -0.4 is 0 Å². The summed E-state index contributed by atoms with van der Waals surface area (Å²) in [6.45, 7) is 0. The maximum atomic E-state index is 11.9. The van der Waals surface area contributed by atoms with Crippen molar-refractivity contribution in [3.8, 4) is 0 Å². The van der Waals surface area contributed by atoms with Gasteiger partial charge in [0.15, 0.2) is 6.17 Å². The summed E-state index contributed by atoms with van der Waals surface area (Å²) in [7, 11) is 0. The van der Waals surface area contributed by atoms with E-state index in [4.69, 9.17) is 0 Å². The van der Waals surface area contributed by atoms with Gasteiger partial charge in [0.2, 0.25) is 0 Å². The number of hydrogen-bond acceptors (Lipinski definition) is 0. The molecule has 0 aromatic heterocycles. The van der Waals surface area contributed by atoms with E-state index in [2.05, 4.69) is 0 Å². The van der Waals surface area contributed by atoms with Crippen molar-refractivity contribution in [1.29, 1.82) is 0 Å². The van der Waals surface area contributed by atoms with Gasteiger partial charge >= 0.3 is 0 Å². The maximum absolute atomic E-state index is 11.9. The van der Waals surface area contributed by atoms with Crippen molar-refractivity contribution in [2.45, 2.75) is 24.7 Å². The normalized spacial score (nSPS) is 41.3. The molecule has 1 rings (SSSR count). The predicted octanol–water partition coefficient (Wildman–Crippen LogP) is 1.91. The highest BCUT2D eigenvalue weighted by Gasteiger charge is 2.51. The van der Waals surface area contributed by atoms with Gasteiger partial charge in [-0.15, -0.1) is 0 Å². The molecule has 0 aromatic carbocycles. The minimum atomic E-state index is -3.47. The van der Waals surface area contributed by atoms with E-state index < -0.39 is 24.7 Å². The number of alkyl halides is 4. The van der Waals surface area contributed by atoms with Crippen molar-refractivity contribution in [3.63, 3.8) is 0 Å². The van der Waals surface area contributed by atoms with Gasteiger partial charge in [0.1, 0.15) is 6.17 Å². The summed E-state index contributed by atoms with van der Waals surface area (Å²) in [5, 5.41) is 0. The van der Waals surface area contributed by atoms with Crippen LogP contribution in [0.1, 0.15) is 6.42 Å². The van der Waals surface area contributed by atoms with Crippen LogP contribution in [0.3, 0.4) is 0 Å². The first-order valence-corrected chi connectivity index (χ1v) is 2.53. The van der Waals surface area contributed by atoms with E-state index in [0.717, 1.165) is 0 Å². The summed E-state index contributed by atoms with van der Waals surface area (Å²) >= 11 is 0. The highest BCUT2D eigenvalue weighted by molar-refractivity contribution is 5.02. The first kappa shape index (κ1) is 6.83. The molecule has 0 saturated heterocycles. The summed E-state index contributed by atoms with van der Waals surface area (Å²) in [5.41, 5.74) is 0. The number of rotatable bonds is 0. The molecule has 0 N–H and O–H groups in total. The zero-order valence-corrected chi connectivity index (χ0v) is 4.45. The van der Waals surface area contributed by atoms with Crippen LogP contribution in [0.4, 0.5) is 17.6 Å². The van der Waals surface area contributed by atoms with Gasteiger partial charge in [-0.3, -0.25) is 0 Å². The smallest absolute Gasteiger partial charge is 0.244 e. The van der Waals surface area contributed by atoms with Gasteiger partial charge in [-0.05, 0) is 0 Å². The minimum absolute atomic E-state index is 0.657. The lowest BCUT2D eigenvalue weighted by molar-refractivity contribution is -0.0633. The van der Waals surface area contributed by atoms with Gasteiger partial charge in [0.25, 0.3) is 5.92 Å². The van der Waals surface area contributed by atoms with Gasteiger partial charge in [0.05, 0.1) is 0 Å². The quantitative estimate of drug-likeness (QED) is 0.452. The van der Waals surface area contributed by atoms with E-state index in [9.17, 15) is 17.6 Å². The van der Waals surface area contributed by atoms with Crippen molar-refractivity contribution in [1.82, 2.24) is 0 Å². The molecule has 1 fully saturated rings. The molecule has 1 saturated carbocycles. The standard InChI is InChI=1S/C5H5F4/c6-3-1-2-5(8,9)4(3)7/h1,3-4H,2H2. The molecule has 0 aliphatic heterocycles. The van der Waals surface area contributed by atoms with Gasteiger partial charge in [-0.25, -0.2) is 17.6 Å².